The molecule has 0 heterocycles. The van der Waals surface area contributed by atoms with Crippen molar-refractivity contribution in [3.8, 4) is 0 Å². The van der Waals surface area contributed by atoms with E-state index in [-0.39, 0.29) is 13.5 Å². The molecular weight excluding hydrogens is 180 g/mol. The number of aliphatic hydroxyl groups is 1. The smallest absolute Gasteiger partial charge is 0.450 e. The summed E-state index contributed by atoms with van der Waals surface area (Å²) in [6.45, 7) is -0.469. The molecule has 0 saturated carbocycles. The normalized spacial score (nSPS) is 6.20. The number of carboxylic acid groups (broad SMARTS) is 2. The van der Waals surface area contributed by atoms with Gasteiger partial charge in [-0.05, 0) is 0 Å². The van der Waals surface area contributed by atoms with Crippen molar-refractivity contribution < 1.29 is 24.9 Å². The zero-order valence-electron chi connectivity index (χ0n) is 4.81. The Morgan fingerprint density at radius 1 is 1.30 bits per heavy atom. The minimum Gasteiger partial charge on any atom is -0.450 e. The van der Waals surface area contributed by atoms with Gasteiger partial charge in [0.25, 0.3) is 0 Å². The van der Waals surface area contributed by atoms with E-state index in [1.165, 1.54) is 0 Å². The van der Waals surface area contributed by atoms with Crippen LogP contribution in [0.1, 0.15) is 0 Å². The molecule has 0 aliphatic carbocycles. The Bertz CT molecular complexity index is 99.1. The van der Waals surface area contributed by atoms with E-state index in [0.29, 0.717) is 0 Å². The van der Waals surface area contributed by atoms with Gasteiger partial charge < -0.3 is 15.3 Å². The molecule has 0 rings (SSSR count). The number of rotatable bonds is 1. The lowest BCUT2D eigenvalue weighted by molar-refractivity contribution is -0.113. The van der Waals surface area contributed by atoms with Crippen LogP contribution < -0.4 is 0 Å². The Morgan fingerprint density at radius 3 is 1.40 bits per heavy atom. The summed E-state index contributed by atoms with van der Waals surface area (Å²) < 4.78 is 0. The zero-order valence-corrected chi connectivity index (χ0v) is 6.71. The van der Waals surface area contributed by atoms with Gasteiger partial charge in [0.05, 0.1) is 0 Å². The van der Waals surface area contributed by atoms with Crippen molar-refractivity contribution in [1.82, 2.24) is 0 Å². The third-order valence-corrected chi connectivity index (χ3v) is 0.277. The molecule has 0 aliphatic rings. The number of thiol groups is 1. The van der Waals surface area contributed by atoms with Gasteiger partial charge in [-0.15, -0.1) is 12.6 Å². The number of hydrogen-bond acceptors (Lipinski definition) is 3. The average Bonchev–Trinajstić information content (AvgIpc) is 1.65. The second-order valence-electron chi connectivity index (χ2n) is 0.834. The van der Waals surface area contributed by atoms with Gasteiger partial charge in [0.2, 0.25) is 5.12 Å². The molecule has 0 unspecified atom stereocenters. The van der Waals surface area contributed by atoms with Crippen LogP contribution in [0.5, 0.6) is 0 Å². The molecule has 0 fully saturated rings. The van der Waals surface area contributed by atoms with E-state index in [0.717, 1.165) is 0 Å². The number of hydrogen-bond donors (Lipinski definition) is 4. The fraction of sp³-hybridized carbons (Fsp3) is 0.333. The predicted octanol–water partition coefficient (Wildman–Crippen LogP) is -0.230. The maximum absolute atomic E-state index is 9.43. The van der Waals surface area contributed by atoms with Crippen molar-refractivity contribution in [2.24, 2.45) is 0 Å². The topological polar surface area (TPSA) is 94.8 Å². The quantitative estimate of drug-likeness (QED) is 0.426. The van der Waals surface area contributed by atoms with E-state index >= 15 is 0 Å². The van der Waals surface area contributed by atoms with Crippen molar-refractivity contribution in [2.45, 2.75) is 0 Å². The molecule has 5 nitrogen and oxygen atoms in total. The Kier molecular flexibility index (Phi) is 18.6. The maximum atomic E-state index is 9.43. The Labute approximate surface area is 69.5 Å². The van der Waals surface area contributed by atoms with Gasteiger partial charge in [-0.3, -0.25) is 4.79 Å². The van der Waals surface area contributed by atoms with Crippen LogP contribution in [0.4, 0.5) is 4.79 Å². The first-order valence-electron chi connectivity index (χ1n) is 1.75. The summed E-state index contributed by atoms with van der Waals surface area (Å²) in [6.07, 6.45) is -1.83. The van der Waals surface area contributed by atoms with Gasteiger partial charge in [0, 0.05) is 0 Å². The minimum atomic E-state index is -1.83. The van der Waals surface area contributed by atoms with E-state index in [1.807, 2.05) is 0 Å². The van der Waals surface area contributed by atoms with Crippen molar-refractivity contribution in [3.05, 3.63) is 0 Å². The van der Waals surface area contributed by atoms with Crippen LogP contribution in [-0.4, -0.2) is 33.2 Å². The van der Waals surface area contributed by atoms with Gasteiger partial charge in [-0.2, -0.15) is 13.5 Å². The summed E-state index contributed by atoms with van der Waals surface area (Å²) in [5.74, 6) is 0. The Hall–Kier alpha value is -0.400. The molecule has 0 aromatic carbocycles. The summed E-state index contributed by atoms with van der Waals surface area (Å²) in [5.41, 5.74) is 0. The number of carbonyl (C=O) groups excluding carboxylic acids is 1. The molecule has 7 heteroatoms. The summed E-state index contributed by atoms with van der Waals surface area (Å²) in [4.78, 5) is 18.0. The highest BCUT2D eigenvalue weighted by Crippen LogP contribution is 1.69. The SMILES string of the molecule is O=C(O)O.O=C(S)CO.S. The van der Waals surface area contributed by atoms with Crippen LogP contribution >= 0.6 is 26.1 Å². The molecule has 0 spiro atoms. The van der Waals surface area contributed by atoms with Crippen molar-refractivity contribution in [1.29, 1.82) is 0 Å². The van der Waals surface area contributed by atoms with Crippen LogP contribution in [0.2, 0.25) is 0 Å². The van der Waals surface area contributed by atoms with Crippen LogP contribution in [0, 0.1) is 0 Å². The van der Waals surface area contributed by atoms with E-state index in [4.69, 9.17) is 20.1 Å². The maximum Gasteiger partial charge on any atom is 0.503 e. The molecule has 0 radical (unpaired) electrons. The summed E-state index contributed by atoms with van der Waals surface area (Å²) >= 11 is 3.21. The minimum absolute atomic E-state index is 0. The standard InChI is InChI=1S/C2H4O2S.CH2O3.H2S/c3-1-2(4)5;2-1(3)4;/h3H,1H2,(H,4,5);(H2,2,3,4);1H2. The van der Waals surface area contributed by atoms with Crippen LogP contribution in [0.3, 0.4) is 0 Å². The third kappa shape index (κ3) is 129. The molecule has 0 aliphatic heterocycles. The first-order chi connectivity index (χ1) is 4.00. The highest BCUT2D eigenvalue weighted by atomic mass is 32.1. The number of aliphatic hydroxyl groups excluding tert-OH is 1. The van der Waals surface area contributed by atoms with Gasteiger partial charge in [-0.1, -0.05) is 0 Å². The summed E-state index contributed by atoms with van der Waals surface area (Å²) in [5, 5.41) is 21.2. The molecule has 62 valence electrons. The van der Waals surface area contributed by atoms with Crippen LogP contribution in [0.15, 0.2) is 0 Å². The molecule has 0 amide bonds. The van der Waals surface area contributed by atoms with E-state index in [2.05, 4.69) is 12.6 Å². The largest absolute Gasteiger partial charge is 0.503 e. The molecular formula is C3H8O5S2. The monoisotopic (exact) mass is 188 g/mol. The second-order valence-corrected chi connectivity index (χ2v) is 1.33. The average molecular weight is 188 g/mol. The second kappa shape index (κ2) is 11.4. The molecule has 0 bridgehead atoms. The molecule has 0 saturated heterocycles. The fourth-order valence-corrected chi connectivity index (χ4v) is 0. The molecule has 0 aromatic rings. The lowest BCUT2D eigenvalue weighted by Gasteiger charge is -1.71. The van der Waals surface area contributed by atoms with Crippen molar-refractivity contribution >= 4 is 37.4 Å². The molecule has 10 heavy (non-hydrogen) atoms. The zero-order chi connectivity index (χ0) is 7.86. The number of carbonyl (C=O) groups is 2. The Balaban J connectivity index is -0.0000000910. The summed E-state index contributed by atoms with van der Waals surface area (Å²) in [7, 11) is 0. The van der Waals surface area contributed by atoms with E-state index in [9.17, 15) is 4.79 Å². The first-order valence-corrected chi connectivity index (χ1v) is 2.20. The molecule has 0 aromatic heterocycles. The van der Waals surface area contributed by atoms with E-state index in [1.54, 1.807) is 0 Å². The van der Waals surface area contributed by atoms with Gasteiger partial charge in [0.1, 0.15) is 6.61 Å². The van der Waals surface area contributed by atoms with Gasteiger partial charge in [0.15, 0.2) is 0 Å². The van der Waals surface area contributed by atoms with Crippen LogP contribution in [-0.2, 0) is 4.79 Å². The lowest BCUT2D eigenvalue weighted by atomic mass is 10.8. The molecule has 0 atom stereocenters. The van der Waals surface area contributed by atoms with Crippen molar-refractivity contribution in [3.63, 3.8) is 0 Å². The predicted molar refractivity (Wildman–Crippen MR) is 42.1 cm³/mol. The highest BCUT2D eigenvalue weighted by molar-refractivity contribution is 7.96. The van der Waals surface area contributed by atoms with Gasteiger partial charge in [-0.25, -0.2) is 4.79 Å². The fourth-order valence-electron chi connectivity index (χ4n) is 0. The van der Waals surface area contributed by atoms with Crippen molar-refractivity contribution in [2.75, 3.05) is 6.61 Å². The Morgan fingerprint density at radius 2 is 1.40 bits per heavy atom. The molecule has 3 N–H and O–H groups in total. The van der Waals surface area contributed by atoms with Crippen LogP contribution in [0.25, 0.3) is 0 Å². The summed E-state index contributed by atoms with van der Waals surface area (Å²) in [6, 6.07) is 0. The van der Waals surface area contributed by atoms with Gasteiger partial charge >= 0.3 is 6.16 Å². The highest BCUT2D eigenvalue weighted by Gasteiger charge is 1.80. The third-order valence-electron chi connectivity index (χ3n) is 0.135. The first kappa shape index (κ1) is 16.3. The van der Waals surface area contributed by atoms with E-state index < -0.39 is 17.9 Å². The lowest BCUT2D eigenvalue weighted by Crippen LogP contribution is -1.89.